The van der Waals surface area contributed by atoms with Gasteiger partial charge in [0, 0.05) is 0 Å². The molecule has 1 atom stereocenters. The van der Waals surface area contributed by atoms with Crippen LogP contribution in [0.5, 0.6) is 0 Å². The number of aliphatic hydroxyl groups is 1. The van der Waals surface area contributed by atoms with Crippen LogP contribution >= 0.6 is 7.82 Å². The van der Waals surface area contributed by atoms with Crippen LogP contribution in [0.3, 0.4) is 0 Å². The number of phosphoric acid groups is 1. The molecule has 3 N–H and O–H groups in total. The topological polar surface area (TPSA) is 104 Å². The van der Waals surface area contributed by atoms with Crippen LogP contribution in [0.25, 0.3) is 0 Å². The Labute approximate surface area is 75.8 Å². The summed E-state index contributed by atoms with van der Waals surface area (Å²) in [5, 5.41) is 9.44. The van der Waals surface area contributed by atoms with E-state index in [0.717, 1.165) is 6.92 Å². The fourth-order valence-corrected chi connectivity index (χ4v) is 1.03. The van der Waals surface area contributed by atoms with E-state index in [9.17, 15) is 14.5 Å². The molecule has 0 heterocycles. The number of carbonyl (C=O) groups is 1. The van der Waals surface area contributed by atoms with Gasteiger partial charge in [0.1, 0.15) is 5.60 Å². The lowest BCUT2D eigenvalue weighted by Gasteiger charge is -2.22. The van der Waals surface area contributed by atoms with Crippen LogP contribution in [-0.4, -0.2) is 32.9 Å². The lowest BCUT2D eigenvalue weighted by Crippen LogP contribution is -2.40. The van der Waals surface area contributed by atoms with Gasteiger partial charge < -0.3 is 14.9 Å². The summed E-state index contributed by atoms with van der Waals surface area (Å²) in [5.41, 5.74) is -1.80. The maximum Gasteiger partial charge on any atom is 0.469 e. The van der Waals surface area contributed by atoms with E-state index in [0.29, 0.717) is 0 Å². The zero-order chi connectivity index (χ0) is 10.7. The first kappa shape index (κ1) is 12.7. The lowest BCUT2D eigenvalue weighted by atomic mass is 9.98. The SMILES string of the molecule is CCC(O)(COP(=O)(O)O)C(C)=O. The van der Waals surface area contributed by atoms with E-state index in [1.165, 1.54) is 6.92 Å². The number of carbonyl (C=O) groups excluding carboxylic acids is 1. The molecule has 0 aromatic carbocycles. The first-order valence-electron chi connectivity index (χ1n) is 3.65. The predicted molar refractivity (Wildman–Crippen MR) is 43.9 cm³/mol. The van der Waals surface area contributed by atoms with Crippen molar-refractivity contribution in [2.45, 2.75) is 25.9 Å². The number of ketones is 1. The van der Waals surface area contributed by atoms with E-state index >= 15 is 0 Å². The minimum Gasteiger partial charge on any atom is -0.380 e. The van der Waals surface area contributed by atoms with Gasteiger partial charge in [-0.3, -0.25) is 9.32 Å². The van der Waals surface area contributed by atoms with Crippen LogP contribution in [0.1, 0.15) is 20.3 Å². The van der Waals surface area contributed by atoms with Crippen LogP contribution in [0.15, 0.2) is 0 Å². The highest BCUT2D eigenvalue weighted by Crippen LogP contribution is 2.37. The maximum absolute atomic E-state index is 10.8. The average Bonchev–Trinajstić information content (AvgIpc) is 1.98. The van der Waals surface area contributed by atoms with Crippen molar-refractivity contribution >= 4 is 13.6 Å². The van der Waals surface area contributed by atoms with Gasteiger partial charge in [0.2, 0.25) is 0 Å². The van der Waals surface area contributed by atoms with Crippen LogP contribution in [0.2, 0.25) is 0 Å². The second kappa shape index (κ2) is 4.30. The van der Waals surface area contributed by atoms with Crippen molar-refractivity contribution in [1.82, 2.24) is 0 Å². The quantitative estimate of drug-likeness (QED) is 0.546. The Morgan fingerprint density at radius 2 is 2.00 bits per heavy atom. The van der Waals surface area contributed by atoms with E-state index < -0.39 is 25.8 Å². The van der Waals surface area contributed by atoms with Crippen LogP contribution in [0, 0.1) is 0 Å². The molecule has 0 rings (SSSR count). The van der Waals surface area contributed by atoms with Crippen molar-refractivity contribution in [3.8, 4) is 0 Å². The van der Waals surface area contributed by atoms with Gasteiger partial charge >= 0.3 is 7.82 Å². The predicted octanol–water partition coefficient (Wildman–Crippen LogP) is -0.174. The summed E-state index contributed by atoms with van der Waals surface area (Å²) in [6.45, 7) is 1.96. The zero-order valence-corrected chi connectivity index (χ0v) is 8.32. The number of hydrogen-bond donors (Lipinski definition) is 3. The molecule has 1 unspecified atom stereocenters. The summed E-state index contributed by atoms with van der Waals surface area (Å²) >= 11 is 0. The largest absolute Gasteiger partial charge is 0.469 e. The third-order valence-electron chi connectivity index (χ3n) is 1.71. The van der Waals surface area contributed by atoms with Crippen LogP contribution in [-0.2, 0) is 13.9 Å². The molecule has 6 nitrogen and oxygen atoms in total. The molecule has 0 saturated carbocycles. The molecule has 0 aromatic heterocycles. The molecule has 78 valence electrons. The second-order valence-electron chi connectivity index (χ2n) is 2.71. The van der Waals surface area contributed by atoms with E-state index in [1.54, 1.807) is 0 Å². The summed E-state index contributed by atoms with van der Waals surface area (Å²) in [4.78, 5) is 27.5. The molecule has 0 aliphatic carbocycles. The molecule has 0 spiro atoms. The molecule has 7 heteroatoms. The van der Waals surface area contributed by atoms with Crippen molar-refractivity contribution in [2.24, 2.45) is 0 Å². The van der Waals surface area contributed by atoms with E-state index in [4.69, 9.17) is 9.79 Å². The van der Waals surface area contributed by atoms with Crippen molar-refractivity contribution < 1.29 is 28.8 Å². The molecular weight excluding hydrogens is 199 g/mol. The van der Waals surface area contributed by atoms with Gasteiger partial charge in [0.05, 0.1) is 6.61 Å². The molecule has 0 aliphatic heterocycles. The minimum atomic E-state index is -4.63. The summed E-state index contributed by atoms with van der Waals surface area (Å²) < 4.78 is 14.3. The van der Waals surface area contributed by atoms with Gasteiger partial charge in [0.15, 0.2) is 5.78 Å². The summed E-state index contributed by atoms with van der Waals surface area (Å²) in [6.07, 6.45) is 0.0440. The number of phosphoric ester groups is 1. The molecular formula is C6H13O6P. The van der Waals surface area contributed by atoms with Gasteiger partial charge in [-0.15, -0.1) is 0 Å². The number of Topliss-reactive ketones (excluding diaryl/α,β-unsaturated/α-hetero) is 1. The first-order chi connectivity index (χ1) is 5.71. The molecule has 0 fully saturated rings. The van der Waals surface area contributed by atoms with Gasteiger partial charge in [0.25, 0.3) is 0 Å². The van der Waals surface area contributed by atoms with Crippen molar-refractivity contribution in [3.63, 3.8) is 0 Å². The lowest BCUT2D eigenvalue weighted by molar-refractivity contribution is -0.139. The maximum atomic E-state index is 10.8. The Morgan fingerprint density at radius 1 is 1.54 bits per heavy atom. The summed E-state index contributed by atoms with van der Waals surface area (Å²) in [5.74, 6) is -0.580. The Morgan fingerprint density at radius 3 is 2.23 bits per heavy atom. The Kier molecular flexibility index (Phi) is 4.22. The highest BCUT2D eigenvalue weighted by molar-refractivity contribution is 7.46. The number of hydrogen-bond acceptors (Lipinski definition) is 4. The van der Waals surface area contributed by atoms with Gasteiger partial charge in [-0.05, 0) is 13.3 Å². The van der Waals surface area contributed by atoms with E-state index in [1.807, 2.05) is 0 Å². The van der Waals surface area contributed by atoms with Gasteiger partial charge in [-0.25, -0.2) is 4.57 Å². The average molecular weight is 212 g/mol. The fourth-order valence-electron chi connectivity index (χ4n) is 0.644. The molecule has 0 aromatic rings. The molecule has 13 heavy (non-hydrogen) atoms. The van der Waals surface area contributed by atoms with E-state index in [2.05, 4.69) is 4.52 Å². The third-order valence-corrected chi connectivity index (χ3v) is 2.18. The molecule has 0 amide bonds. The molecule has 0 aliphatic rings. The monoisotopic (exact) mass is 212 g/mol. The Hall–Kier alpha value is -0.260. The first-order valence-corrected chi connectivity index (χ1v) is 5.18. The zero-order valence-electron chi connectivity index (χ0n) is 7.43. The normalized spacial score (nSPS) is 16.7. The second-order valence-corrected chi connectivity index (χ2v) is 3.94. The van der Waals surface area contributed by atoms with Crippen molar-refractivity contribution in [3.05, 3.63) is 0 Å². The number of rotatable bonds is 5. The Balaban J connectivity index is 4.31. The fraction of sp³-hybridized carbons (Fsp3) is 0.833. The van der Waals surface area contributed by atoms with Crippen molar-refractivity contribution in [1.29, 1.82) is 0 Å². The van der Waals surface area contributed by atoms with E-state index in [-0.39, 0.29) is 6.42 Å². The van der Waals surface area contributed by atoms with Gasteiger partial charge in [-0.2, -0.15) is 0 Å². The van der Waals surface area contributed by atoms with Crippen LogP contribution < -0.4 is 0 Å². The van der Waals surface area contributed by atoms with Crippen molar-refractivity contribution in [2.75, 3.05) is 6.61 Å². The third kappa shape index (κ3) is 4.50. The molecule has 0 bridgehead atoms. The summed E-state index contributed by atoms with van der Waals surface area (Å²) in [6, 6.07) is 0. The Bertz CT molecular complexity index is 233. The minimum absolute atomic E-state index is 0.0440. The highest BCUT2D eigenvalue weighted by atomic mass is 31.2. The standard InChI is InChI=1S/C6H13O6P/c1-3-6(8,5(2)7)4-12-13(9,10)11/h8H,3-4H2,1-2H3,(H2,9,10,11). The highest BCUT2D eigenvalue weighted by Gasteiger charge is 2.33. The molecule has 0 radical (unpaired) electrons. The smallest absolute Gasteiger partial charge is 0.380 e. The summed E-state index contributed by atoms with van der Waals surface area (Å²) in [7, 11) is -4.63. The van der Waals surface area contributed by atoms with Gasteiger partial charge in [-0.1, -0.05) is 6.92 Å². The molecule has 0 saturated heterocycles. The van der Waals surface area contributed by atoms with Crippen LogP contribution in [0.4, 0.5) is 0 Å².